The SMILES string of the molecule is NC1(CCc2ccccc2)CCCC(C(F)(F)F)C1. The maximum atomic E-state index is 12.8. The lowest BCUT2D eigenvalue weighted by Gasteiger charge is -2.39. The van der Waals surface area contributed by atoms with E-state index in [1.165, 1.54) is 0 Å². The number of rotatable bonds is 3. The Balaban J connectivity index is 1.95. The van der Waals surface area contributed by atoms with Gasteiger partial charge in [-0.25, -0.2) is 0 Å². The van der Waals surface area contributed by atoms with Gasteiger partial charge >= 0.3 is 6.18 Å². The number of aryl methyl sites for hydroxylation is 1. The van der Waals surface area contributed by atoms with Gasteiger partial charge in [-0.1, -0.05) is 36.8 Å². The number of halogens is 3. The minimum Gasteiger partial charge on any atom is -0.325 e. The van der Waals surface area contributed by atoms with Crippen LogP contribution in [0.25, 0.3) is 0 Å². The van der Waals surface area contributed by atoms with Crippen LogP contribution in [0.1, 0.15) is 37.7 Å². The summed E-state index contributed by atoms with van der Waals surface area (Å²) in [5.41, 5.74) is 6.68. The minimum absolute atomic E-state index is 0.0728. The molecule has 1 saturated carbocycles. The Morgan fingerprint density at radius 3 is 2.53 bits per heavy atom. The number of benzene rings is 1. The summed E-state index contributed by atoms with van der Waals surface area (Å²) < 4.78 is 38.4. The minimum atomic E-state index is -4.10. The van der Waals surface area contributed by atoms with Gasteiger partial charge in [-0.2, -0.15) is 13.2 Å². The van der Waals surface area contributed by atoms with Crippen molar-refractivity contribution in [2.75, 3.05) is 0 Å². The van der Waals surface area contributed by atoms with Crippen molar-refractivity contribution in [3.05, 3.63) is 35.9 Å². The molecule has 0 heterocycles. The first-order valence-electron chi connectivity index (χ1n) is 6.79. The molecule has 1 aliphatic rings. The molecule has 0 spiro atoms. The molecule has 1 aliphatic carbocycles. The molecular formula is C15H20F3N. The molecule has 2 atom stereocenters. The fourth-order valence-corrected chi connectivity index (χ4v) is 2.94. The van der Waals surface area contributed by atoms with Crippen LogP contribution in [0.2, 0.25) is 0 Å². The molecule has 2 rings (SSSR count). The van der Waals surface area contributed by atoms with Gasteiger partial charge in [0.25, 0.3) is 0 Å². The van der Waals surface area contributed by atoms with E-state index in [2.05, 4.69) is 0 Å². The number of alkyl halides is 3. The van der Waals surface area contributed by atoms with E-state index in [0.717, 1.165) is 12.0 Å². The van der Waals surface area contributed by atoms with Crippen molar-refractivity contribution in [2.45, 2.75) is 50.2 Å². The van der Waals surface area contributed by atoms with Gasteiger partial charge in [-0.15, -0.1) is 0 Å². The standard InChI is InChI=1S/C15H20F3N/c16-15(17,18)13-7-4-9-14(19,11-13)10-8-12-5-2-1-3-6-12/h1-3,5-6,13H,4,7-11,19H2. The molecule has 0 aliphatic heterocycles. The van der Waals surface area contributed by atoms with Crippen LogP contribution in [0.4, 0.5) is 13.2 Å². The van der Waals surface area contributed by atoms with Gasteiger partial charge in [-0.05, 0) is 37.7 Å². The zero-order valence-electron chi connectivity index (χ0n) is 10.9. The fraction of sp³-hybridized carbons (Fsp3) is 0.600. The van der Waals surface area contributed by atoms with Crippen LogP contribution in [0.15, 0.2) is 30.3 Å². The van der Waals surface area contributed by atoms with Crippen LogP contribution < -0.4 is 5.73 Å². The highest BCUT2D eigenvalue weighted by atomic mass is 19.4. The summed E-state index contributed by atoms with van der Waals surface area (Å²) in [5, 5.41) is 0. The highest BCUT2D eigenvalue weighted by molar-refractivity contribution is 5.15. The van der Waals surface area contributed by atoms with Crippen LogP contribution in [0.5, 0.6) is 0 Å². The van der Waals surface area contributed by atoms with Crippen molar-refractivity contribution in [3.8, 4) is 0 Å². The van der Waals surface area contributed by atoms with Crippen molar-refractivity contribution < 1.29 is 13.2 Å². The van der Waals surface area contributed by atoms with Gasteiger partial charge in [0.2, 0.25) is 0 Å². The second kappa shape index (κ2) is 5.53. The first-order chi connectivity index (χ1) is 8.89. The smallest absolute Gasteiger partial charge is 0.325 e. The first-order valence-corrected chi connectivity index (χ1v) is 6.79. The maximum absolute atomic E-state index is 12.8. The highest BCUT2D eigenvalue weighted by Crippen LogP contribution is 2.42. The van der Waals surface area contributed by atoms with E-state index in [1.807, 2.05) is 30.3 Å². The summed E-state index contributed by atoms with van der Waals surface area (Å²) in [7, 11) is 0. The molecule has 1 aromatic carbocycles. The summed E-state index contributed by atoms with van der Waals surface area (Å²) in [6, 6.07) is 9.80. The van der Waals surface area contributed by atoms with E-state index in [4.69, 9.17) is 5.73 Å². The average Bonchev–Trinajstić information content (AvgIpc) is 2.37. The molecule has 2 unspecified atom stereocenters. The Morgan fingerprint density at radius 2 is 1.89 bits per heavy atom. The van der Waals surface area contributed by atoms with E-state index in [9.17, 15) is 13.2 Å². The quantitative estimate of drug-likeness (QED) is 0.881. The lowest BCUT2D eigenvalue weighted by molar-refractivity contribution is -0.187. The Labute approximate surface area is 112 Å². The van der Waals surface area contributed by atoms with Crippen LogP contribution in [0.3, 0.4) is 0 Å². The maximum Gasteiger partial charge on any atom is 0.391 e. The Morgan fingerprint density at radius 1 is 1.21 bits per heavy atom. The molecule has 0 saturated heterocycles. The summed E-state index contributed by atoms with van der Waals surface area (Å²) in [5.74, 6) is -1.22. The highest BCUT2D eigenvalue weighted by Gasteiger charge is 2.45. The van der Waals surface area contributed by atoms with Crippen LogP contribution in [0, 0.1) is 5.92 Å². The van der Waals surface area contributed by atoms with Crippen molar-refractivity contribution in [1.29, 1.82) is 0 Å². The van der Waals surface area contributed by atoms with Gasteiger partial charge in [-0.3, -0.25) is 0 Å². The Kier molecular flexibility index (Phi) is 4.19. The second-order valence-electron chi connectivity index (χ2n) is 5.68. The fourth-order valence-electron chi connectivity index (χ4n) is 2.94. The van der Waals surface area contributed by atoms with E-state index >= 15 is 0 Å². The van der Waals surface area contributed by atoms with Gasteiger partial charge in [0.15, 0.2) is 0 Å². The van der Waals surface area contributed by atoms with Crippen LogP contribution >= 0.6 is 0 Å². The van der Waals surface area contributed by atoms with Gasteiger partial charge in [0.05, 0.1) is 5.92 Å². The predicted molar refractivity (Wildman–Crippen MR) is 69.7 cm³/mol. The van der Waals surface area contributed by atoms with Gasteiger partial charge < -0.3 is 5.73 Å². The van der Waals surface area contributed by atoms with E-state index in [0.29, 0.717) is 19.3 Å². The van der Waals surface area contributed by atoms with Crippen LogP contribution in [-0.4, -0.2) is 11.7 Å². The molecule has 19 heavy (non-hydrogen) atoms. The molecule has 1 aromatic rings. The summed E-state index contributed by atoms with van der Waals surface area (Å²) in [6.07, 6.45) is -1.14. The summed E-state index contributed by atoms with van der Waals surface area (Å²) in [6.45, 7) is 0. The van der Waals surface area contributed by atoms with E-state index in [-0.39, 0.29) is 12.8 Å². The zero-order valence-corrected chi connectivity index (χ0v) is 10.9. The van der Waals surface area contributed by atoms with Crippen molar-refractivity contribution in [1.82, 2.24) is 0 Å². The summed E-state index contributed by atoms with van der Waals surface area (Å²) >= 11 is 0. The normalized spacial score (nSPS) is 28.3. The second-order valence-corrected chi connectivity index (χ2v) is 5.68. The molecule has 0 bridgehead atoms. The lowest BCUT2D eigenvalue weighted by Crippen LogP contribution is -2.47. The molecular weight excluding hydrogens is 251 g/mol. The number of hydrogen-bond acceptors (Lipinski definition) is 1. The molecule has 1 nitrogen and oxygen atoms in total. The summed E-state index contributed by atoms with van der Waals surface area (Å²) in [4.78, 5) is 0. The molecule has 2 N–H and O–H groups in total. The topological polar surface area (TPSA) is 26.0 Å². The molecule has 4 heteroatoms. The monoisotopic (exact) mass is 271 g/mol. The van der Waals surface area contributed by atoms with E-state index < -0.39 is 17.6 Å². The third-order valence-electron chi connectivity index (χ3n) is 4.10. The van der Waals surface area contributed by atoms with Crippen molar-refractivity contribution in [2.24, 2.45) is 11.7 Å². The third kappa shape index (κ3) is 3.96. The molecule has 106 valence electrons. The third-order valence-corrected chi connectivity index (χ3v) is 4.10. The molecule has 0 radical (unpaired) electrons. The number of nitrogens with two attached hydrogens (primary N) is 1. The zero-order chi connectivity index (χ0) is 13.9. The largest absolute Gasteiger partial charge is 0.391 e. The molecule has 0 aromatic heterocycles. The first kappa shape index (κ1) is 14.4. The Hall–Kier alpha value is -1.03. The molecule has 1 fully saturated rings. The number of hydrogen-bond donors (Lipinski definition) is 1. The van der Waals surface area contributed by atoms with Gasteiger partial charge in [0, 0.05) is 5.54 Å². The lowest BCUT2D eigenvalue weighted by atomic mass is 9.73. The van der Waals surface area contributed by atoms with E-state index in [1.54, 1.807) is 0 Å². The predicted octanol–water partition coefficient (Wildman–Crippen LogP) is 4.07. The average molecular weight is 271 g/mol. The van der Waals surface area contributed by atoms with Crippen molar-refractivity contribution >= 4 is 0 Å². The van der Waals surface area contributed by atoms with Crippen molar-refractivity contribution in [3.63, 3.8) is 0 Å². The molecule has 0 amide bonds. The Bertz CT molecular complexity index is 402. The van der Waals surface area contributed by atoms with Gasteiger partial charge in [0.1, 0.15) is 0 Å². The van der Waals surface area contributed by atoms with Crippen LogP contribution in [-0.2, 0) is 6.42 Å².